The zero-order valence-electron chi connectivity index (χ0n) is 11.4. The molecule has 1 aromatic carbocycles. The van der Waals surface area contributed by atoms with E-state index in [-0.39, 0.29) is 0 Å². The quantitative estimate of drug-likeness (QED) is 0.637. The normalized spacial score (nSPS) is 29.2. The number of rotatable bonds is 4. The third kappa shape index (κ3) is 3.34. The molecule has 1 aromatic rings. The van der Waals surface area contributed by atoms with Crippen molar-refractivity contribution in [1.82, 2.24) is 0 Å². The van der Waals surface area contributed by atoms with Crippen LogP contribution in [-0.4, -0.2) is 0 Å². The van der Waals surface area contributed by atoms with Gasteiger partial charge in [0.2, 0.25) is 0 Å². The summed E-state index contributed by atoms with van der Waals surface area (Å²) >= 11 is 0. The number of benzene rings is 1. The van der Waals surface area contributed by atoms with Crippen LogP contribution in [0.3, 0.4) is 0 Å². The molecule has 0 saturated heterocycles. The van der Waals surface area contributed by atoms with Crippen LogP contribution in [0.2, 0.25) is 0 Å². The molecular formula is C17H26. The average Bonchev–Trinajstić information content (AvgIpc) is 2.38. The molecular weight excluding hydrogens is 204 g/mol. The largest absolute Gasteiger partial charge is 0.0654 e. The molecule has 1 saturated carbocycles. The van der Waals surface area contributed by atoms with Gasteiger partial charge in [0.1, 0.15) is 0 Å². The summed E-state index contributed by atoms with van der Waals surface area (Å²) in [5.41, 5.74) is 2.20. The van der Waals surface area contributed by atoms with Crippen molar-refractivity contribution in [3.63, 3.8) is 0 Å². The van der Waals surface area contributed by atoms with Gasteiger partial charge in [-0.2, -0.15) is 0 Å². The van der Waals surface area contributed by atoms with Crippen molar-refractivity contribution < 1.29 is 0 Å². The Balaban J connectivity index is 1.90. The van der Waals surface area contributed by atoms with Crippen LogP contribution in [0.5, 0.6) is 0 Å². The van der Waals surface area contributed by atoms with E-state index in [1.165, 1.54) is 44.9 Å². The molecule has 0 spiro atoms. The summed E-state index contributed by atoms with van der Waals surface area (Å²) in [6.45, 7) is 4.81. The highest BCUT2D eigenvalue weighted by Gasteiger charge is 2.30. The Labute approximate surface area is 106 Å². The maximum Gasteiger partial charge on any atom is -0.0162 e. The Morgan fingerprint density at radius 2 is 1.76 bits per heavy atom. The fourth-order valence-corrected chi connectivity index (χ4v) is 3.23. The van der Waals surface area contributed by atoms with E-state index in [9.17, 15) is 0 Å². The van der Waals surface area contributed by atoms with Gasteiger partial charge in [-0.3, -0.25) is 0 Å². The van der Waals surface area contributed by atoms with Crippen molar-refractivity contribution in [1.29, 1.82) is 0 Å². The van der Waals surface area contributed by atoms with Crippen molar-refractivity contribution in [2.75, 3.05) is 0 Å². The maximum absolute atomic E-state index is 2.50. The van der Waals surface area contributed by atoms with E-state index in [0.29, 0.717) is 5.41 Å². The monoisotopic (exact) mass is 230 g/mol. The second kappa shape index (κ2) is 5.71. The summed E-state index contributed by atoms with van der Waals surface area (Å²) in [5, 5.41) is 0. The van der Waals surface area contributed by atoms with Crippen molar-refractivity contribution in [3.05, 3.63) is 35.9 Å². The maximum atomic E-state index is 2.50. The molecule has 0 unspecified atom stereocenters. The van der Waals surface area contributed by atoms with Gasteiger partial charge in [-0.25, -0.2) is 0 Å². The van der Waals surface area contributed by atoms with Crippen molar-refractivity contribution in [3.8, 4) is 0 Å². The van der Waals surface area contributed by atoms with E-state index in [1.54, 1.807) is 5.56 Å². The Bertz CT molecular complexity index is 317. The van der Waals surface area contributed by atoms with Gasteiger partial charge < -0.3 is 0 Å². The first-order valence-electron chi connectivity index (χ1n) is 7.28. The van der Waals surface area contributed by atoms with Crippen LogP contribution in [0, 0.1) is 5.41 Å². The van der Waals surface area contributed by atoms with Crippen LogP contribution >= 0.6 is 0 Å². The summed E-state index contributed by atoms with van der Waals surface area (Å²) in [5.74, 6) is 0.825. The number of unbranched alkanes of at least 4 members (excludes halogenated alkanes) is 1. The first-order valence-corrected chi connectivity index (χ1v) is 7.28. The molecule has 0 bridgehead atoms. The van der Waals surface area contributed by atoms with Gasteiger partial charge in [-0.05, 0) is 49.0 Å². The van der Waals surface area contributed by atoms with Gasteiger partial charge in [0, 0.05) is 0 Å². The molecule has 0 nitrogen and oxygen atoms in total. The predicted octanol–water partition coefficient (Wildman–Crippen LogP) is 5.54. The van der Waals surface area contributed by atoms with Gasteiger partial charge >= 0.3 is 0 Å². The van der Waals surface area contributed by atoms with Gasteiger partial charge in [0.25, 0.3) is 0 Å². The molecule has 0 amide bonds. The van der Waals surface area contributed by atoms with Crippen molar-refractivity contribution >= 4 is 0 Å². The summed E-state index contributed by atoms with van der Waals surface area (Å²) in [6, 6.07) is 11.1. The van der Waals surface area contributed by atoms with Crippen molar-refractivity contribution in [2.24, 2.45) is 5.41 Å². The highest BCUT2D eigenvalue weighted by molar-refractivity contribution is 5.20. The average molecular weight is 230 g/mol. The lowest BCUT2D eigenvalue weighted by atomic mass is 9.68. The molecule has 0 radical (unpaired) electrons. The van der Waals surface area contributed by atoms with Gasteiger partial charge in [-0.15, -0.1) is 0 Å². The summed E-state index contributed by atoms with van der Waals surface area (Å²) < 4.78 is 0. The van der Waals surface area contributed by atoms with E-state index in [4.69, 9.17) is 0 Å². The second-order valence-corrected chi connectivity index (χ2v) is 6.10. The van der Waals surface area contributed by atoms with Gasteiger partial charge in [0.15, 0.2) is 0 Å². The Hall–Kier alpha value is -0.780. The molecule has 0 heteroatoms. The molecule has 1 aliphatic carbocycles. The molecule has 1 aliphatic rings. The minimum Gasteiger partial charge on any atom is -0.0654 e. The van der Waals surface area contributed by atoms with Crippen LogP contribution in [0.4, 0.5) is 0 Å². The molecule has 2 rings (SSSR count). The van der Waals surface area contributed by atoms with E-state index in [0.717, 1.165) is 5.92 Å². The SMILES string of the molecule is CCCCC1(C)CCC(c2ccccc2)CC1. The van der Waals surface area contributed by atoms with Crippen LogP contribution in [0.1, 0.15) is 70.3 Å². The third-order valence-corrected chi connectivity index (χ3v) is 4.60. The molecule has 0 atom stereocenters. The van der Waals surface area contributed by atoms with Crippen LogP contribution < -0.4 is 0 Å². The Morgan fingerprint density at radius 3 is 2.35 bits per heavy atom. The van der Waals surface area contributed by atoms with E-state index in [1.807, 2.05) is 0 Å². The zero-order chi connectivity index (χ0) is 12.1. The highest BCUT2D eigenvalue weighted by Crippen LogP contribution is 2.45. The zero-order valence-corrected chi connectivity index (χ0v) is 11.4. The number of hydrogen-bond donors (Lipinski definition) is 0. The van der Waals surface area contributed by atoms with E-state index >= 15 is 0 Å². The topological polar surface area (TPSA) is 0 Å². The molecule has 1 fully saturated rings. The lowest BCUT2D eigenvalue weighted by Crippen LogP contribution is -2.23. The standard InChI is InChI=1S/C17H26/c1-3-4-12-17(2)13-10-16(11-14-17)15-8-6-5-7-9-15/h5-9,16H,3-4,10-14H2,1-2H3. The minimum absolute atomic E-state index is 0.640. The van der Waals surface area contributed by atoms with E-state index < -0.39 is 0 Å². The lowest BCUT2D eigenvalue weighted by Gasteiger charge is -2.37. The second-order valence-electron chi connectivity index (χ2n) is 6.10. The van der Waals surface area contributed by atoms with E-state index in [2.05, 4.69) is 44.2 Å². The fourth-order valence-electron chi connectivity index (χ4n) is 3.23. The molecule has 0 aliphatic heterocycles. The minimum atomic E-state index is 0.640. The first kappa shape index (κ1) is 12.7. The molecule has 0 aromatic heterocycles. The van der Waals surface area contributed by atoms with Gasteiger partial charge in [0.05, 0.1) is 0 Å². The Kier molecular flexibility index (Phi) is 4.25. The third-order valence-electron chi connectivity index (χ3n) is 4.60. The summed E-state index contributed by atoms with van der Waals surface area (Å²) in [4.78, 5) is 0. The fraction of sp³-hybridized carbons (Fsp3) is 0.647. The summed E-state index contributed by atoms with van der Waals surface area (Å²) in [6.07, 6.45) is 9.82. The van der Waals surface area contributed by atoms with Crippen LogP contribution in [0.15, 0.2) is 30.3 Å². The molecule has 0 N–H and O–H groups in total. The molecule has 17 heavy (non-hydrogen) atoms. The van der Waals surface area contributed by atoms with Crippen LogP contribution in [-0.2, 0) is 0 Å². The Morgan fingerprint density at radius 1 is 1.12 bits per heavy atom. The lowest BCUT2D eigenvalue weighted by molar-refractivity contribution is 0.179. The highest BCUT2D eigenvalue weighted by atomic mass is 14.4. The first-order chi connectivity index (χ1) is 8.23. The summed E-state index contributed by atoms with van der Waals surface area (Å²) in [7, 11) is 0. The van der Waals surface area contributed by atoms with Gasteiger partial charge in [-0.1, -0.05) is 57.0 Å². The molecule has 0 heterocycles. The predicted molar refractivity (Wildman–Crippen MR) is 75.3 cm³/mol. The number of hydrogen-bond acceptors (Lipinski definition) is 0. The van der Waals surface area contributed by atoms with Crippen LogP contribution in [0.25, 0.3) is 0 Å². The van der Waals surface area contributed by atoms with Crippen molar-refractivity contribution in [2.45, 2.75) is 64.7 Å². The smallest absolute Gasteiger partial charge is 0.0162 e. The molecule has 94 valence electrons.